The highest BCUT2D eigenvalue weighted by atomic mass is 15.3. The number of aromatic nitrogens is 4. The van der Waals surface area contributed by atoms with E-state index in [1.54, 1.807) is 6.33 Å². The fourth-order valence-corrected chi connectivity index (χ4v) is 1.85. The molecule has 1 aromatic carbocycles. The molecule has 0 radical (unpaired) electrons. The molecule has 0 unspecified atom stereocenters. The van der Waals surface area contributed by atoms with E-state index in [0.29, 0.717) is 6.54 Å². The fraction of sp³-hybridized carbons (Fsp3) is 0.167. The molecule has 0 aliphatic rings. The Morgan fingerprint density at radius 3 is 2.94 bits per heavy atom. The number of nitrogens with zero attached hydrogens (tertiary/aromatic N) is 4. The molecule has 0 aliphatic heterocycles. The molecule has 80 valence electrons. The first kappa shape index (κ1) is 9.15. The molecule has 0 saturated heterocycles. The van der Waals surface area contributed by atoms with Crippen molar-refractivity contribution in [3.63, 3.8) is 0 Å². The molecule has 0 atom stereocenters. The predicted molar refractivity (Wildman–Crippen MR) is 62.0 cm³/mol. The summed E-state index contributed by atoms with van der Waals surface area (Å²) in [5.41, 5.74) is 2.17. The summed E-state index contributed by atoms with van der Waals surface area (Å²) in [6.45, 7) is 0.717. The van der Waals surface area contributed by atoms with E-state index in [1.807, 2.05) is 40.8 Å². The topological polar surface area (TPSA) is 35.6 Å². The summed E-state index contributed by atoms with van der Waals surface area (Å²) in [5, 5.41) is 5.53. The van der Waals surface area contributed by atoms with E-state index < -0.39 is 0 Å². The lowest BCUT2D eigenvalue weighted by Gasteiger charge is -1.99. The number of imidazole rings is 1. The molecule has 0 spiro atoms. The van der Waals surface area contributed by atoms with E-state index in [2.05, 4.69) is 22.2 Å². The van der Waals surface area contributed by atoms with Gasteiger partial charge >= 0.3 is 0 Å². The van der Waals surface area contributed by atoms with Crippen molar-refractivity contribution in [2.45, 2.75) is 6.54 Å². The Labute approximate surface area is 93.1 Å². The molecule has 4 nitrogen and oxygen atoms in total. The highest BCUT2D eigenvalue weighted by Crippen LogP contribution is 2.13. The SMILES string of the molecule is Cn1cnc(Cn2ncc3ccccc32)c1. The molecule has 3 aromatic rings. The molecule has 0 N–H and O–H groups in total. The Hall–Kier alpha value is -2.10. The quantitative estimate of drug-likeness (QED) is 0.649. The molecule has 16 heavy (non-hydrogen) atoms. The van der Waals surface area contributed by atoms with Crippen LogP contribution in [0.15, 0.2) is 43.0 Å². The Bertz CT molecular complexity index is 621. The summed E-state index contributed by atoms with van der Waals surface area (Å²) >= 11 is 0. The van der Waals surface area contributed by atoms with Crippen LogP contribution in [0.3, 0.4) is 0 Å². The summed E-state index contributed by atoms with van der Waals surface area (Å²) in [6, 6.07) is 8.19. The van der Waals surface area contributed by atoms with E-state index in [9.17, 15) is 0 Å². The summed E-state index contributed by atoms with van der Waals surface area (Å²) in [7, 11) is 1.97. The molecule has 0 saturated carbocycles. The molecule has 0 fully saturated rings. The highest BCUT2D eigenvalue weighted by molar-refractivity contribution is 5.78. The van der Waals surface area contributed by atoms with Gasteiger partial charge in [0.1, 0.15) is 0 Å². The first-order valence-corrected chi connectivity index (χ1v) is 5.20. The minimum Gasteiger partial charge on any atom is -0.340 e. The van der Waals surface area contributed by atoms with E-state index >= 15 is 0 Å². The smallest absolute Gasteiger partial charge is 0.0947 e. The molecule has 0 bridgehead atoms. The number of aryl methyl sites for hydroxylation is 1. The molecular weight excluding hydrogens is 200 g/mol. The van der Waals surface area contributed by atoms with Gasteiger partial charge in [0, 0.05) is 18.6 Å². The minimum atomic E-state index is 0.717. The van der Waals surface area contributed by atoms with Gasteiger partial charge in [-0.15, -0.1) is 0 Å². The second kappa shape index (κ2) is 3.48. The minimum absolute atomic E-state index is 0.717. The van der Waals surface area contributed by atoms with Crippen molar-refractivity contribution in [3.8, 4) is 0 Å². The molecule has 4 heteroatoms. The lowest BCUT2D eigenvalue weighted by molar-refractivity contribution is 0.699. The van der Waals surface area contributed by atoms with Crippen molar-refractivity contribution in [3.05, 3.63) is 48.7 Å². The highest BCUT2D eigenvalue weighted by Gasteiger charge is 2.03. The third-order valence-electron chi connectivity index (χ3n) is 2.62. The maximum Gasteiger partial charge on any atom is 0.0947 e. The van der Waals surface area contributed by atoms with Gasteiger partial charge in [-0.05, 0) is 6.07 Å². The van der Waals surface area contributed by atoms with Crippen molar-refractivity contribution >= 4 is 10.9 Å². The van der Waals surface area contributed by atoms with Crippen molar-refractivity contribution < 1.29 is 0 Å². The van der Waals surface area contributed by atoms with Crippen LogP contribution in [0.1, 0.15) is 5.69 Å². The Morgan fingerprint density at radius 2 is 2.12 bits per heavy atom. The van der Waals surface area contributed by atoms with Crippen LogP contribution in [-0.2, 0) is 13.6 Å². The van der Waals surface area contributed by atoms with Gasteiger partial charge in [-0.1, -0.05) is 18.2 Å². The predicted octanol–water partition coefficient (Wildman–Crippen LogP) is 1.82. The lowest BCUT2D eigenvalue weighted by atomic mass is 10.2. The maximum atomic E-state index is 4.37. The third-order valence-corrected chi connectivity index (χ3v) is 2.62. The van der Waals surface area contributed by atoms with Gasteiger partial charge in [0.15, 0.2) is 0 Å². The van der Waals surface area contributed by atoms with Gasteiger partial charge in [-0.2, -0.15) is 5.10 Å². The van der Waals surface area contributed by atoms with Crippen LogP contribution in [0.4, 0.5) is 0 Å². The zero-order valence-corrected chi connectivity index (χ0v) is 9.04. The van der Waals surface area contributed by atoms with E-state index in [-0.39, 0.29) is 0 Å². The number of hydrogen-bond acceptors (Lipinski definition) is 2. The number of para-hydroxylation sites is 1. The molecule has 2 aromatic heterocycles. The molecule has 0 amide bonds. The standard InChI is InChI=1S/C12H12N4/c1-15-7-11(13-9-15)8-16-12-5-3-2-4-10(12)6-14-16/h2-7,9H,8H2,1H3. The Kier molecular flexibility index (Phi) is 1.99. The average Bonchev–Trinajstić information content (AvgIpc) is 2.87. The second-order valence-electron chi connectivity index (χ2n) is 3.89. The van der Waals surface area contributed by atoms with Crippen molar-refractivity contribution in [2.75, 3.05) is 0 Å². The fourth-order valence-electron chi connectivity index (χ4n) is 1.85. The zero-order chi connectivity index (χ0) is 11.0. The van der Waals surface area contributed by atoms with E-state index in [0.717, 1.165) is 11.2 Å². The lowest BCUT2D eigenvalue weighted by Crippen LogP contribution is -2.01. The largest absolute Gasteiger partial charge is 0.340 e. The second-order valence-corrected chi connectivity index (χ2v) is 3.89. The van der Waals surface area contributed by atoms with Crippen LogP contribution in [0, 0.1) is 0 Å². The van der Waals surface area contributed by atoms with E-state index in [1.165, 1.54) is 5.39 Å². The monoisotopic (exact) mass is 212 g/mol. The van der Waals surface area contributed by atoms with Crippen molar-refractivity contribution in [2.24, 2.45) is 7.05 Å². The van der Waals surface area contributed by atoms with Gasteiger partial charge < -0.3 is 4.57 Å². The summed E-state index contributed by atoms with van der Waals surface area (Å²) in [4.78, 5) is 4.30. The van der Waals surface area contributed by atoms with Crippen LogP contribution < -0.4 is 0 Å². The first-order chi connectivity index (χ1) is 7.83. The van der Waals surface area contributed by atoms with Crippen molar-refractivity contribution in [1.82, 2.24) is 19.3 Å². The summed E-state index contributed by atoms with van der Waals surface area (Å²) in [5.74, 6) is 0. The van der Waals surface area contributed by atoms with E-state index in [4.69, 9.17) is 0 Å². The average molecular weight is 212 g/mol. The van der Waals surface area contributed by atoms with Gasteiger partial charge in [0.25, 0.3) is 0 Å². The number of fused-ring (bicyclic) bond motifs is 1. The Balaban J connectivity index is 2.00. The molecular formula is C12H12N4. The van der Waals surface area contributed by atoms with Crippen LogP contribution >= 0.6 is 0 Å². The molecule has 2 heterocycles. The summed E-state index contributed by atoms with van der Waals surface area (Å²) < 4.78 is 3.92. The maximum absolute atomic E-state index is 4.37. The van der Waals surface area contributed by atoms with Crippen molar-refractivity contribution in [1.29, 1.82) is 0 Å². The number of benzene rings is 1. The van der Waals surface area contributed by atoms with Gasteiger partial charge in [-0.25, -0.2) is 4.98 Å². The summed E-state index contributed by atoms with van der Waals surface area (Å²) in [6.07, 6.45) is 5.70. The zero-order valence-electron chi connectivity index (χ0n) is 9.04. The van der Waals surface area contributed by atoms with Crippen LogP contribution in [-0.4, -0.2) is 19.3 Å². The molecule has 0 aliphatic carbocycles. The van der Waals surface area contributed by atoms with Gasteiger partial charge in [-0.3, -0.25) is 4.68 Å². The number of rotatable bonds is 2. The van der Waals surface area contributed by atoms with Crippen LogP contribution in [0.2, 0.25) is 0 Å². The third kappa shape index (κ3) is 1.48. The van der Waals surface area contributed by atoms with Gasteiger partial charge in [0.2, 0.25) is 0 Å². The first-order valence-electron chi connectivity index (χ1n) is 5.20. The Morgan fingerprint density at radius 1 is 1.25 bits per heavy atom. The normalized spacial score (nSPS) is 11.1. The van der Waals surface area contributed by atoms with Gasteiger partial charge in [0.05, 0.1) is 30.3 Å². The van der Waals surface area contributed by atoms with Crippen LogP contribution in [0.25, 0.3) is 10.9 Å². The number of hydrogen-bond donors (Lipinski definition) is 0. The molecule has 3 rings (SSSR count). The van der Waals surface area contributed by atoms with Crippen LogP contribution in [0.5, 0.6) is 0 Å².